The molecule has 1 aromatic heterocycles. The topological polar surface area (TPSA) is 52.8 Å². The van der Waals surface area contributed by atoms with Gasteiger partial charge in [-0.2, -0.15) is 0 Å². The second kappa shape index (κ2) is 10.8. The molecule has 2 aromatic rings. The van der Waals surface area contributed by atoms with Gasteiger partial charge in [-0.3, -0.25) is 9.89 Å². The van der Waals surface area contributed by atoms with E-state index in [1.54, 1.807) is 18.4 Å². The maximum atomic E-state index is 13.4. The van der Waals surface area contributed by atoms with Crippen molar-refractivity contribution in [3.8, 4) is 0 Å². The zero-order chi connectivity index (χ0) is 20.5. The third kappa shape index (κ3) is 6.71. The van der Waals surface area contributed by atoms with Gasteiger partial charge < -0.3 is 15.1 Å². The third-order valence-electron chi connectivity index (χ3n) is 4.94. The molecule has 1 aliphatic heterocycles. The molecule has 0 saturated carbocycles. The van der Waals surface area contributed by atoms with Crippen molar-refractivity contribution >= 4 is 5.96 Å². The Morgan fingerprint density at radius 3 is 2.76 bits per heavy atom. The minimum absolute atomic E-state index is 0.316. The lowest BCUT2D eigenvalue weighted by Crippen LogP contribution is -2.48. The predicted molar refractivity (Wildman–Crippen MR) is 111 cm³/mol. The maximum Gasteiger partial charge on any atom is 0.191 e. The molecule has 0 spiro atoms. The first-order valence-electron chi connectivity index (χ1n) is 9.98. The van der Waals surface area contributed by atoms with E-state index in [4.69, 9.17) is 4.42 Å². The van der Waals surface area contributed by atoms with Crippen LogP contribution >= 0.6 is 0 Å². The highest BCUT2D eigenvalue weighted by Crippen LogP contribution is 2.16. The number of benzene rings is 1. The first-order chi connectivity index (χ1) is 14.1. The summed E-state index contributed by atoms with van der Waals surface area (Å²) in [6.45, 7) is 7.42. The van der Waals surface area contributed by atoms with Crippen LogP contribution in [0.5, 0.6) is 0 Å². The van der Waals surface area contributed by atoms with E-state index in [9.17, 15) is 8.78 Å². The lowest BCUT2D eigenvalue weighted by molar-refractivity contribution is 0.198. The molecule has 2 heterocycles. The van der Waals surface area contributed by atoms with Crippen LogP contribution in [0.3, 0.4) is 0 Å². The Balaban J connectivity index is 1.47. The fourth-order valence-corrected chi connectivity index (χ4v) is 3.38. The molecule has 2 N–H and O–H groups in total. The number of hydrogen-bond donors (Lipinski definition) is 2. The van der Waals surface area contributed by atoms with Crippen LogP contribution in [0.2, 0.25) is 0 Å². The second-order valence-electron chi connectivity index (χ2n) is 7.17. The number of piperidine rings is 1. The summed E-state index contributed by atoms with van der Waals surface area (Å²) in [5, 5.41) is 6.75. The zero-order valence-electron chi connectivity index (χ0n) is 16.5. The van der Waals surface area contributed by atoms with E-state index in [1.165, 1.54) is 12.1 Å². The number of rotatable bonds is 8. The number of aliphatic imine (C=N–C) groups is 1. The van der Waals surface area contributed by atoms with Crippen LogP contribution < -0.4 is 10.6 Å². The van der Waals surface area contributed by atoms with Gasteiger partial charge in [0.2, 0.25) is 0 Å². The summed E-state index contributed by atoms with van der Waals surface area (Å²) in [7, 11) is 0. The highest BCUT2D eigenvalue weighted by molar-refractivity contribution is 5.80. The molecule has 0 bridgehead atoms. The molecule has 156 valence electrons. The number of guanidine groups is 1. The summed E-state index contributed by atoms with van der Waals surface area (Å²) < 4.78 is 31.8. The standard InChI is InChI=1S/C22H28F2N4O/c1-2-10-25-22(26-11-7-19-4-3-14-29-19)27-18-8-12-28(13-9-18)16-17-5-6-20(23)21(24)15-17/h2-6,14-15,18H,1,7-13,16H2,(H2,25,26,27). The van der Waals surface area contributed by atoms with Gasteiger partial charge in [-0.15, -0.1) is 6.58 Å². The monoisotopic (exact) mass is 402 g/mol. The Kier molecular flexibility index (Phi) is 7.81. The van der Waals surface area contributed by atoms with Crippen molar-refractivity contribution in [2.24, 2.45) is 4.99 Å². The largest absolute Gasteiger partial charge is 0.469 e. The average molecular weight is 402 g/mol. The summed E-state index contributed by atoms with van der Waals surface area (Å²) in [5.41, 5.74) is 0.795. The van der Waals surface area contributed by atoms with Gasteiger partial charge in [-0.05, 0) is 42.7 Å². The highest BCUT2D eigenvalue weighted by atomic mass is 19.2. The summed E-state index contributed by atoms with van der Waals surface area (Å²) in [5.74, 6) is 0.100. The van der Waals surface area contributed by atoms with Gasteiger partial charge in [-0.25, -0.2) is 8.78 Å². The Morgan fingerprint density at radius 1 is 1.24 bits per heavy atom. The van der Waals surface area contributed by atoms with Crippen molar-refractivity contribution in [1.82, 2.24) is 15.5 Å². The van der Waals surface area contributed by atoms with Crippen molar-refractivity contribution in [2.45, 2.75) is 31.8 Å². The first-order valence-corrected chi connectivity index (χ1v) is 9.98. The molecular formula is C22H28F2N4O. The smallest absolute Gasteiger partial charge is 0.191 e. The van der Waals surface area contributed by atoms with Crippen LogP contribution in [-0.4, -0.2) is 43.1 Å². The van der Waals surface area contributed by atoms with Crippen molar-refractivity contribution in [2.75, 3.05) is 26.2 Å². The van der Waals surface area contributed by atoms with E-state index in [0.29, 0.717) is 25.7 Å². The van der Waals surface area contributed by atoms with Crippen molar-refractivity contribution in [3.05, 3.63) is 72.2 Å². The minimum Gasteiger partial charge on any atom is -0.469 e. The summed E-state index contributed by atoms with van der Waals surface area (Å²) in [6, 6.07) is 8.26. The first kappa shape index (κ1) is 21.0. The molecule has 1 fully saturated rings. The fraction of sp³-hybridized carbons (Fsp3) is 0.409. The summed E-state index contributed by atoms with van der Waals surface area (Å²) >= 11 is 0. The van der Waals surface area contributed by atoms with Gasteiger partial charge >= 0.3 is 0 Å². The van der Waals surface area contributed by atoms with Crippen LogP contribution in [0, 0.1) is 11.6 Å². The highest BCUT2D eigenvalue weighted by Gasteiger charge is 2.20. The van der Waals surface area contributed by atoms with E-state index in [-0.39, 0.29) is 0 Å². The van der Waals surface area contributed by atoms with Crippen molar-refractivity contribution in [1.29, 1.82) is 0 Å². The van der Waals surface area contributed by atoms with Gasteiger partial charge in [0.25, 0.3) is 0 Å². The van der Waals surface area contributed by atoms with Crippen LogP contribution in [0.15, 0.2) is 58.7 Å². The average Bonchev–Trinajstić information content (AvgIpc) is 3.24. The molecule has 5 nitrogen and oxygen atoms in total. The van der Waals surface area contributed by atoms with Gasteiger partial charge in [0, 0.05) is 45.2 Å². The quantitative estimate of drug-likeness (QED) is 0.403. The molecule has 3 rings (SSSR count). The molecule has 1 aromatic carbocycles. The Bertz CT molecular complexity index is 799. The normalized spacial score (nSPS) is 16.0. The maximum absolute atomic E-state index is 13.4. The van der Waals surface area contributed by atoms with Crippen molar-refractivity contribution < 1.29 is 13.2 Å². The van der Waals surface area contributed by atoms with Gasteiger partial charge in [-0.1, -0.05) is 12.1 Å². The zero-order valence-corrected chi connectivity index (χ0v) is 16.5. The molecule has 7 heteroatoms. The number of nitrogens with zero attached hydrogens (tertiary/aromatic N) is 2. The number of furan rings is 1. The second-order valence-corrected chi connectivity index (χ2v) is 7.17. The molecular weight excluding hydrogens is 374 g/mol. The lowest BCUT2D eigenvalue weighted by Gasteiger charge is -2.33. The summed E-state index contributed by atoms with van der Waals surface area (Å²) in [6.07, 6.45) is 6.13. The molecule has 1 saturated heterocycles. The Labute approximate surface area is 170 Å². The number of hydrogen-bond acceptors (Lipinski definition) is 3. The third-order valence-corrected chi connectivity index (χ3v) is 4.94. The SMILES string of the molecule is C=CCNC(=NCCc1ccco1)NC1CCN(Cc2ccc(F)c(F)c2)CC1. The number of halogens is 2. The van der Waals surface area contributed by atoms with Gasteiger partial charge in [0.05, 0.1) is 6.26 Å². The van der Waals surface area contributed by atoms with Crippen LogP contribution in [0.4, 0.5) is 8.78 Å². The minimum atomic E-state index is -0.803. The molecule has 1 aliphatic rings. The Hall–Kier alpha value is -2.67. The predicted octanol–water partition coefficient (Wildman–Crippen LogP) is 3.49. The molecule has 0 unspecified atom stereocenters. The Morgan fingerprint density at radius 2 is 2.07 bits per heavy atom. The lowest BCUT2D eigenvalue weighted by atomic mass is 10.0. The van der Waals surface area contributed by atoms with Gasteiger partial charge in [0.1, 0.15) is 5.76 Å². The molecule has 0 atom stereocenters. The van der Waals surface area contributed by atoms with E-state index in [1.807, 2.05) is 12.1 Å². The van der Waals surface area contributed by atoms with Crippen LogP contribution in [0.25, 0.3) is 0 Å². The van der Waals surface area contributed by atoms with Crippen LogP contribution in [0.1, 0.15) is 24.2 Å². The van der Waals surface area contributed by atoms with E-state index in [0.717, 1.165) is 49.6 Å². The van der Waals surface area contributed by atoms with Crippen LogP contribution in [-0.2, 0) is 13.0 Å². The van der Waals surface area contributed by atoms with E-state index < -0.39 is 11.6 Å². The van der Waals surface area contributed by atoms with E-state index in [2.05, 4.69) is 27.1 Å². The molecule has 29 heavy (non-hydrogen) atoms. The molecule has 0 aliphatic carbocycles. The number of likely N-dealkylation sites (tertiary alicyclic amines) is 1. The van der Waals surface area contributed by atoms with Crippen molar-refractivity contribution in [3.63, 3.8) is 0 Å². The molecule has 0 radical (unpaired) electrons. The summed E-state index contributed by atoms with van der Waals surface area (Å²) in [4.78, 5) is 6.89. The fourth-order valence-electron chi connectivity index (χ4n) is 3.38. The number of nitrogens with one attached hydrogen (secondary N) is 2. The van der Waals surface area contributed by atoms with Gasteiger partial charge in [0.15, 0.2) is 17.6 Å². The van der Waals surface area contributed by atoms with E-state index >= 15 is 0 Å². The molecule has 0 amide bonds.